The first-order chi connectivity index (χ1) is 10.1. The second-order valence-corrected chi connectivity index (χ2v) is 5.41. The van der Waals surface area contributed by atoms with Gasteiger partial charge in [0.2, 0.25) is 0 Å². The molecule has 4 nitrogen and oxygen atoms in total. The van der Waals surface area contributed by atoms with Crippen LogP contribution in [0.2, 0.25) is 0 Å². The number of nitrogens with one attached hydrogen (secondary N) is 1. The number of rotatable bonds is 7. The summed E-state index contributed by atoms with van der Waals surface area (Å²) in [5, 5.41) is 13.4. The molecule has 1 atom stereocenters. The van der Waals surface area contributed by atoms with Gasteiger partial charge in [0, 0.05) is 6.54 Å². The molecule has 2 rings (SSSR count). The van der Waals surface area contributed by atoms with Crippen molar-refractivity contribution in [1.82, 2.24) is 5.32 Å². The van der Waals surface area contributed by atoms with E-state index in [1.807, 2.05) is 51.1 Å². The highest BCUT2D eigenvalue weighted by Gasteiger charge is 2.09. The quantitative estimate of drug-likeness (QED) is 0.822. The number of ether oxygens (including phenoxy) is 1. The Labute approximate surface area is 125 Å². The van der Waals surface area contributed by atoms with Gasteiger partial charge in [-0.15, -0.1) is 0 Å². The minimum atomic E-state index is -0.548. The highest BCUT2D eigenvalue weighted by molar-refractivity contribution is 5.28. The number of aliphatic hydroxyl groups excluding tert-OH is 1. The van der Waals surface area contributed by atoms with Crippen LogP contribution >= 0.6 is 0 Å². The normalized spacial score (nSPS) is 12.6. The van der Waals surface area contributed by atoms with Crippen LogP contribution < -0.4 is 10.1 Å². The Hall–Kier alpha value is -1.78. The van der Waals surface area contributed by atoms with E-state index in [4.69, 9.17) is 9.15 Å². The standard InChI is InChI=1S/C17H23NO3/c1-12(2)21-15-6-4-14(5-7-15)16(19)10-18-11-17-13(3)8-9-20-17/h4-9,12,16,18-19H,10-11H2,1-3H3. The molecule has 2 aromatic rings. The fraction of sp³-hybridized carbons (Fsp3) is 0.412. The lowest BCUT2D eigenvalue weighted by Gasteiger charge is -2.14. The predicted octanol–water partition coefficient (Wildman–Crippen LogP) is 3.20. The third-order valence-corrected chi connectivity index (χ3v) is 3.23. The summed E-state index contributed by atoms with van der Waals surface area (Å²) in [5.41, 5.74) is 1.99. The zero-order valence-corrected chi connectivity index (χ0v) is 12.8. The van der Waals surface area contributed by atoms with Crippen molar-refractivity contribution in [3.05, 3.63) is 53.5 Å². The summed E-state index contributed by atoms with van der Waals surface area (Å²) < 4.78 is 10.9. The van der Waals surface area contributed by atoms with Gasteiger partial charge in [-0.25, -0.2) is 0 Å². The lowest BCUT2D eigenvalue weighted by Crippen LogP contribution is -2.21. The van der Waals surface area contributed by atoms with Crippen LogP contribution in [0.1, 0.15) is 36.8 Å². The van der Waals surface area contributed by atoms with E-state index in [9.17, 15) is 5.11 Å². The van der Waals surface area contributed by atoms with Crippen molar-refractivity contribution >= 4 is 0 Å². The van der Waals surface area contributed by atoms with Crippen molar-refractivity contribution in [3.8, 4) is 5.75 Å². The van der Waals surface area contributed by atoms with Crippen LogP contribution in [0.15, 0.2) is 41.0 Å². The first-order valence-electron chi connectivity index (χ1n) is 7.24. The molecule has 0 radical (unpaired) electrons. The highest BCUT2D eigenvalue weighted by atomic mass is 16.5. The molecule has 1 heterocycles. The molecular weight excluding hydrogens is 266 g/mol. The van der Waals surface area contributed by atoms with E-state index in [2.05, 4.69) is 5.32 Å². The van der Waals surface area contributed by atoms with Crippen LogP contribution in [0.5, 0.6) is 5.75 Å². The molecule has 2 N–H and O–H groups in total. The topological polar surface area (TPSA) is 54.6 Å². The molecule has 0 aliphatic carbocycles. The number of hydrogen-bond donors (Lipinski definition) is 2. The number of hydrogen-bond acceptors (Lipinski definition) is 4. The van der Waals surface area contributed by atoms with E-state index >= 15 is 0 Å². The highest BCUT2D eigenvalue weighted by Crippen LogP contribution is 2.18. The van der Waals surface area contributed by atoms with E-state index in [1.54, 1.807) is 6.26 Å². The average molecular weight is 289 g/mol. The van der Waals surface area contributed by atoms with Gasteiger partial charge in [-0.1, -0.05) is 12.1 Å². The van der Waals surface area contributed by atoms with Gasteiger partial charge in [0.25, 0.3) is 0 Å². The lowest BCUT2D eigenvalue weighted by molar-refractivity contribution is 0.173. The summed E-state index contributed by atoms with van der Waals surface area (Å²) in [5.74, 6) is 1.73. The summed E-state index contributed by atoms with van der Waals surface area (Å²) in [7, 11) is 0. The van der Waals surface area contributed by atoms with E-state index in [0.717, 1.165) is 22.6 Å². The fourth-order valence-electron chi connectivity index (χ4n) is 2.07. The average Bonchev–Trinajstić information content (AvgIpc) is 2.84. The first-order valence-corrected chi connectivity index (χ1v) is 7.24. The second-order valence-electron chi connectivity index (χ2n) is 5.41. The molecule has 0 spiro atoms. The first kappa shape index (κ1) is 15.6. The third-order valence-electron chi connectivity index (χ3n) is 3.23. The Morgan fingerprint density at radius 1 is 1.19 bits per heavy atom. The van der Waals surface area contributed by atoms with Gasteiger partial charge in [0.1, 0.15) is 11.5 Å². The minimum absolute atomic E-state index is 0.152. The van der Waals surface area contributed by atoms with Crippen LogP contribution in [0.25, 0.3) is 0 Å². The van der Waals surface area contributed by atoms with Gasteiger partial charge in [-0.3, -0.25) is 0 Å². The molecule has 0 saturated heterocycles. The van der Waals surface area contributed by atoms with Gasteiger partial charge < -0.3 is 19.6 Å². The van der Waals surface area contributed by atoms with Crippen LogP contribution in [0, 0.1) is 6.92 Å². The van der Waals surface area contributed by atoms with Crippen LogP contribution in [0.4, 0.5) is 0 Å². The molecule has 4 heteroatoms. The minimum Gasteiger partial charge on any atom is -0.491 e. The van der Waals surface area contributed by atoms with E-state index in [0.29, 0.717) is 13.1 Å². The molecule has 0 aliphatic rings. The van der Waals surface area contributed by atoms with E-state index in [1.165, 1.54) is 0 Å². The maximum Gasteiger partial charge on any atom is 0.120 e. The summed E-state index contributed by atoms with van der Waals surface area (Å²) in [6.45, 7) is 7.08. The van der Waals surface area contributed by atoms with Gasteiger partial charge in [-0.05, 0) is 50.1 Å². The van der Waals surface area contributed by atoms with Crippen molar-refractivity contribution in [2.75, 3.05) is 6.54 Å². The Bertz CT molecular complexity index is 545. The Morgan fingerprint density at radius 3 is 2.48 bits per heavy atom. The Morgan fingerprint density at radius 2 is 1.90 bits per heavy atom. The Balaban J connectivity index is 1.82. The van der Waals surface area contributed by atoms with Crippen molar-refractivity contribution in [2.45, 2.75) is 39.5 Å². The van der Waals surface area contributed by atoms with Crippen molar-refractivity contribution in [2.24, 2.45) is 0 Å². The molecule has 0 saturated carbocycles. The van der Waals surface area contributed by atoms with Gasteiger partial charge in [0.15, 0.2) is 0 Å². The largest absolute Gasteiger partial charge is 0.491 e. The van der Waals surface area contributed by atoms with E-state index < -0.39 is 6.10 Å². The number of aryl methyl sites for hydroxylation is 1. The molecule has 114 valence electrons. The summed E-state index contributed by atoms with van der Waals surface area (Å²) >= 11 is 0. The fourth-order valence-corrected chi connectivity index (χ4v) is 2.07. The van der Waals surface area contributed by atoms with Crippen molar-refractivity contribution < 1.29 is 14.3 Å². The van der Waals surface area contributed by atoms with Gasteiger partial charge in [-0.2, -0.15) is 0 Å². The van der Waals surface area contributed by atoms with Crippen molar-refractivity contribution in [1.29, 1.82) is 0 Å². The van der Waals surface area contributed by atoms with Crippen LogP contribution in [-0.2, 0) is 6.54 Å². The van der Waals surface area contributed by atoms with Crippen molar-refractivity contribution in [3.63, 3.8) is 0 Å². The summed E-state index contributed by atoms with van der Waals surface area (Å²) in [6.07, 6.45) is 1.28. The zero-order valence-electron chi connectivity index (χ0n) is 12.8. The molecule has 0 aliphatic heterocycles. The molecular formula is C17H23NO3. The number of benzene rings is 1. The molecule has 0 fully saturated rings. The molecule has 0 amide bonds. The molecule has 0 bridgehead atoms. The van der Waals surface area contributed by atoms with Crippen LogP contribution in [-0.4, -0.2) is 17.8 Å². The zero-order chi connectivity index (χ0) is 15.2. The van der Waals surface area contributed by atoms with Gasteiger partial charge >= 0.3 is 0 Å². The molecule has 21 heavy (non-hydrogen) atoms. The SMILES string of the molecule is Cc1ccoc1CNCC(O)c1ccc(OC(C)C)cc1. The lowest BCUT2D eigenvalue weighted by atomic mass is 10.1. The third kappa shape index (κ3) is 4.62. The monoisotopic (exact) mass is 289 g/mol. The van der Waals surface area contributed by atoms with E-state index in [-0.39, 0.29) is 6.10 Å². The number of furan rings is 1. The number of aliphatic hydroxyl groups is 1. The molecule has 1 aromatic heterocycles. The Kier molecular flexibility index (Phi) is 5.42. The maximum absolute atomic E-state index is 10.2. The smallest absolute Gasteiger partial charge is 0.120 e. The summed E-state index contributed by atoms with van der Waals surface area (Å²) in [6, 6.07) is 9.48. The van der Waals surface area contributed by atoms with Gasteiger partial charge in [0.05, 0.1) is 25.0 Å². The molecule has 1 aromatic carbocycles. The summed E-state index contributed by atoms with van der Waals surface area (Å²) in [4.78, 5) is 0. The molecule has 1 unspecified atom stereocenters. The second kappa shape index (κ2) is 7.29. The maximum atomic E-state index is 10.2. The van der Waals surface area contributed by atoms with Crippen LogP contribution in [0.3, 0.4) is 0 Å². The predicted molar refractivity (Wildman–Crippen MR) is 82.3 cm³/mol.